The minimum Gasteiger partial charge on any atom is -0.652 e. The summed E-state index contributed by atoms with van der Waals surface area (Å²) < 4.78 is 16.4. The van der Waals surface area contributed by atoms with E-state index >= 15 is 0 Å². The van der Waals surface area contributed by atoms with Gasteiger partial charge in [-0.05, 0) is 37.6 Å². The average molecular weight is 500 g/mol. The second-order valence-corrected chi connectivity index (χ2v) is 9.64. The Morgan fingerprint density at radius 2 is 1.97 bits per heavy atom. The Morgan fingerprint density at radius 3 is 2.61 bits per heavy atom. The van der Waals surface area contributed by atoms with E-state index in [9.17, 15) is 19.2 Å². The lowest BCUT2D eigenvalue weighted by Gasteiger charge is -2.45. The van der Waals surface area contributed by atoms with Crippen LogP contribution in [0.1, 0.15) is 37.0 Å². The number of ether oxygens (including phenoxy) is 1. The molecular formula is C21H26BCl2N2O7-. The summed E-state index contributed by atoms with van der Waals surface area (Å²) in [4.78, 5) is 51.6. The van der Waals surface area contributed by atoms with Crippen molar-refractivity contribution in [3.63, 3.8) is 0 Å². The number of amides is 1. The van der Waals surface area contributed by atoms with Crippen LogP contribution in [0.2, 0.25) is 15.9 Å². The summed E-state index contributed by atoms with van der Waals surface area (Å²) in [6.07, 6.45) is -0.645. The predicted octanol–water partition coefficient (Wildman–Crippen LogP) is 2.47. The molecule has 2 heterocycles. The molecule has 12 heteroatoms. The molecule has 2 fully saturated rings. The van der Waals surface area contributed by atoms with Gasteiger partial charge in [-0.15, -0.1) is 0 Å². The van der Waals surface area contributed by atoms with Crippen LogP contribution in [0, 0.1) is 5.92 Å². The summed E-state index contributed by atoms with van der Waals surface area (Å²) in [5.41, 5.74) is 0.158. The van der Waals surface area contributed by atoms with E-state index in [0.29, 0.717) is 11.4 Å². The minimum atomic E-state index is -2.40. The van der Waals surface area contributed by atoms with E-state index in [4.69, 9.17) is 37.2 Å². The number of carbonyl (C=O) groups is 4. The minimum absolute atomic E-state index is 0.0278. The molecule has 2 aliphatic heterocycles. The number of esters is 1. The zero-order valence-corrected chi connectivity index (χ0v) is 20.3. The van der Waals surface area contributed by atoms with Gasteiger partial charge in [-0.3, -0.25) is 14.4 Å². The Bertz CT molecular complexity index is 976. The molecule has 2 saturated heterocycles. The zero-order chi connectivity index (χ0) is 24.5. The molecule has 0 saturated carbocycles. The number of halogens is 2. The molecule has 0 spiro atoms. The lowest BCUT2D eigenvalue weighted by atomic mass is 9.53. The highest BCUT2D eigenvalue weighted by Crippen LogP contribution is 2.47. The molecule has 2 unspecified atom stereocenters. The number of nitrogens with one attached hydrogen (secondary N) is 1. The van der Waals surface area contributed by atoms with Crippen molar-refractivity contribution in [1.82, 2.24) is 10.1 Å². The van der Waals surface area contributed by atoms with Gasteiger partial charge in [0.2, 0.25) is 0 Å². The van der Waals surface area contributed by atoms with Gasteiger partial charge in [0.25, 0.3) is 11.9 Å². The van der Waals surface area contributed by atoms with Crippen molar-refractivity contribution in [3.05, 3.63) is 33.8 Å². The van der Waals surface area contributed by atoms with Gasteiger partial charge >= 0.3 is 12.7 Å². The molecule has 1 aromatic carbocycles. The number of fused-ring (bicyclic) bond motifs is 2. The fourth-order valence-electron chi connectivity index (χ4n) is 4.62. The smallest absolute Gasteiger partial charge is 0.378 e. The van der Waals surface area contributed by atoms with Crippen LogP contribution in [0.15, 0.2) is 18.2 Å². The Morgan fingerprint density at radius 1 is 1.27 bits per heavy atom. The largest absolute Gasteiger partial charge is 0.652 e. The summed E-state index contributed by atoms with van der Waals surface area (Å²) in [5, 5.41) is 3.10. The standard InChI is InChI=1S/C21H26BCl2N2O7/c1-11(2)7-12(22-26(3)17(20(29)33-22)18(32-22)21(30)31-4)8-14(27)10-25-19(28)15-9-13(23)5-6-16(15)24/h5-6,9,11-12,17-18H,7-8,10H2,1-4H3,(H,25,28)/q-1/t12?,17-,18+,22?/m0/s1. The van der Waals surface area contributed by atoms with Gasteiger partial charge in [0.15, 0.2) is 0 Å². The number of Topliss-reactive ketones (excluding diaryl/α,β-unsaturated/α-hetero) is 1. The fourth-order valence-corrected chi connectivity index (χ4v) is 4.99. The molecule has 0 aliphatic carbocycles. The van der Waals surface area contributed by atoms with E-state index in [0.717, 1.165) is 0 Å². The number of rotatable bonds is 9. The van der Waals surface area contributed by atoms with Crippen molar-refractivity contribution in [2.75, 3.05) is 20.7 Å². The molecule has 1 N–H and O–H groups in total. The highest BCUT2D eigenvalue weighted by molar-refractivity contribution is 6.71. The Labute approximate surface area is 202 Å². The first-order valence-corrected chi connectivity index (χ1v) is 11.4. The maximum Gasteiger partial charge on any atom is 0.378 e. The molecule has 9 nitrogen and oxygen atoms in total. The van der Waals surface area contributed by atoms with Crippen LogP contribution < -0.4 is 5.32 Å². The maximum atomic E-state index is 12.8. The van der Waals surface area contributed by atoms with E-state index < -0.39 is 42.5 Å². The second kappa shape index (κ2) is 10.0. The lowest BCUT2D eigenvalue weighted by Crippen LogP contribution is -2.54. The van der Waals surface area contributed by atoms with Crippen molar-refractivity contribution in [3.8, 4) is 0 Å². The third-order valence-corrected chi connectivity index (χ3v) is 6.64. The number of carbonyl (C=O) groups excluding carboxylic acids is 4. The monoisotopic (exact) mass is 499 g/mol. The van der Waals surface area contributed by atoms with Crippen LogP contribution in [-0.4, -0.2) is 68.0 Å². The summed E-state index contributed by atoms with van der Waals surface area (Å²) in [7, 11) is 2.85. The number of hydrogen-bond donors (Lipinski definition) is 1. The van der Waals surface area contributed by atoms with Gasteiger partial charge in [-0.25, -0.2) is 4.79 Å². The van der Waals surface area contributed by atoms with Crippen molar-refractivity contribution in [2.45, 2.75) is 44.7 Å². The van der Waals surface area contributed by atoms with Crippen LogP contribution in [0.3, 0.4) is 0 Å². The van der Waals surface area contributed by atoms with E-state index in [2.05, 4.69) is 5.32 Å². The topological polar surface area (TPSA) is 111 Å². The highest BCUT2D eigenvalue weighted by atomic mass is 35.5. The molecule has 180 valence electrons. The number of methoxy groups -OCH3 is 1. The summed E-state index contributed by atoms with van der Waals surface area (Å²) in [6.45, 7) is 1.27. The Hall–Kier alpha value is -2.14. The molecule has 0 radical (unpaired) electrons. The molecule has 1 aromatic rings. The molecule has 3 rings (SSSR count). The van der Waals surface area contributed by atoms with E-state index in [1.165, 1.54) is 19.2 Å². The molecule has 4 atom stereocenters. The van der Waals surface area contributed by atoms with Crippen molar-refractivity contribution in [1.29, 1.82) is 0 Å². The molecular weight excluding hydrogens is 474 g/mol. The average Bonchev–Trinajstić information content (AvgIpc) is 3.19. The van der Waals surface area contributed by atoms with Gasteiger partial charge in [-0.2, -0.15) is 0 Å². The van der Waals surface area contributed by atoms with Crippen LogP contribution >= 0.6 is 23.2 Å². The number of likely N-dealkylation sites (N-methyl/N-ethyl adjacent to an activating group) is 1. The zero-order valence-electron chi connectivity index (χ0n) is 18.8. The number of benzene rings is 1. The summed E-state index contributed by atoms with van der Waals surface area (Å²) in [6, 6.07) is 3.54. The number of ketones is 1. The van der Waals surface area contributed by atoms with Gasteiger partial charge in [0.05, 0.1) is 24.2 Å². The Kier molecular flexibility index (Phi) is 7.73. The van der Waals surface area contributed by atoms with Gasteiger partial charge in [0.1, 0.15) is 17.9 Å². The van der Waals surface area contributed by atoms with Crippen molar-refractivity contribution < 1.29 is 33.2 Å². The van der Waals surface area contributed by atoms with Gasteiger partial charge in [-0.1, -0.05) is 49.3 Å². The number of hydrogen-bond acceptors (Lipinski definition) is 8. The van der Waals surface area contributed by atoms with Gasteiger partial charge in [0, 0.05) is 5.02 Å². The summed E-state index contributed by atoms with van der Waals surface area (Å²) in [5.74, 6) is -2.45. The van der Waals surface area contributed by atoms with Crippen LogP contribution in [0.4, 0.5) is 0 Å². The molecule has 0 aromatic heterocycles. The summed E-state index contributed by atoms with van der Waals surface area (Å²) >= 11 is 12.0. The van der Waals surface area contributed by atoms with Crippen LogP contribution in [0.5, 0.6) is 0 Å². The first kappa shape index (κ1) is 25.5. The number of nitrogens with zero attached hydrogens (tertiary/aromatic N) is 1. The van der Waals surface area contributed by atoms with Crippen molar-refractivity contribution in [2.24, 2.45) is 5.92 Å². The molecule has 1 amide bonds. The van der Waals surface area contributed by atoms with Crippen molar-refractivity contribution >= 4 is 53.5 Å². The molecule has 2 aliphatic rings. The maximum absolute atomic E-state index is 12.8. The normalized spacial score (nSPS) is 25.1. The van der Waals surface area contributed by atoms with E-state index in [1.807, 2.05) is 13.8 Å². The second-order valence-electron chi connectivity index (χ2n) is 8.79. The predicted molar refractivity (Wildman–Crippen MR) is 122 cm³/mol. The SMILES string of the molecule is COC(=O)[C@@H]1O[B-]2(C(CC(=O)CNC(=O)c3cc(Cl)ccc3Cl)CC(C)C)OC(=O)[C@H]1N2C. The highest BCUT2D eigenvalue weighted by Gasteiger charge is 2.63. The first-order valence-electron chi connectivity index (χ1n) is 10.6. The quantitative estimate of drug-likeness (QED) is 0.407. The third-order valence-electron chi connectivity index (χ3n) is 6.07. The first-order chi connectivity index (χ1) is 15.5. The third kappa shape index (κ3) is 5.03. The van der Waals surface area contributed by atoms with E-state index in [-0.39, 0.29) is 35.3 Å². The molecule has 33 heavy (non-hydrogen) atoms. The van der Waals surface area contributed by atoms with Gasteiger partial charge < -0.3 is 24.2 Å². The van der Waals surface area contributed by atoms with Crippen LogP contribution in [0.25, 0.3) is 0 Å². The van der Waals surface area contributed by atoms with E-state index in [1.54, 1.807) is 17.9 Å². The fraction of sp³-hybridized carbons (Fsp3) is 0.524. The molecule has 2 bridgehead atoms. The Balaban J connectivity index is 1.74. The lowest BCUT2D eigenvalue weighted by molar-refractivity contribution is -0.158. The van der Waals surface area contributed by atoms with Crippen LogP contribution in [-0.2, 0) is 28.4 Å².